The number of ether oxygens (including phenoxy) is 2. The zero-order valence-corrected chi connectivity index (χ0v) is 19.5. The van der Waals surface area contributed by atoms with Crippen LogP contribution in [0.15, 0.2) is 71.9 Å². The van der Waals surface area contributed by atoms with Crippen LogP contribution in [-0.2, 0) is 20.6 Å². The first kappa shape index (κ1) is 23.9. The number of hydrogen-bond donors (Lipinski definition) is 2. The fourth-order valence-electron chi connectivity index (χ4n) is 3.60. The number of rotatable bonds is 9. The molecule has 2 aromatic heterocycles. The number of fused-ring (bicyclic) bond motifs is 1. The highest BCUT2D eigenvalue weighted by Gasteiger charge is 2.20. The van der Waals surface area contributed by atoms with Gasteiger partial charge in [-0.3, -0.25) is 13.9 Å². The summed E-state index contributed by atoms with van der Waals surface area (Å²) >= 11 is 0. The molecule has 2 heterocycles. The van der Waals surface area contributed by atoms with E-state index in [1.54, 1.807) is 23.8 Å². The number of para-hydroxylation sites is 1. The first-order valence-electron chi connectivity index (χ1n) is 10.4. The van der Waals surface area contributed by atoms with Crippen LogP contribution in [0.3, 0.4) is 0 Å². The minimum atomic E-state index is -4.76. The first-order valence-corrected chi connectivity index (χ1v) is 11.9. The molecule has 2 N–H and O–H groups in total. The monoisotopic (exact) mass is 485 g/mol. The van der Waals surface area contributed by atoms with Crippen LogP contribution < -0.4 is 10.3 Å². The standard InChI is InChI=1S/C23H24N3O7P/c1-16(13-31-2)33-19-10-8-17(9-11-19)20-12-26(18-6-4-3-5-7-18)22-21(20)23(27)25(14-24-22)15-32-34(28,29)30/h3-12,14,16H,13,15H2,1-2H3,(H2,28,29,30). The predicted octanol–water partition coefficient (Wildman–Crippen LogP) is 3.33. The van der Waals surface area contributed by atoms with Crippen LogP contribution in [0.2, 0.25) is 0 Å². The maximum absolute atomic E-state index is 13.3. The van der Waals surface area contributed by atoms with Gasteiger partial charge in [-0.05, 0) is 36.8 Å². The number of benzene rings is 2. The van der Waals surface area contributed by atoms with Gasteiger partial charge in [-0.1, -0.05) is 30.3 Å². The summed E-state index contributed by atoms with van der Waals surface area (Å²) < 4.78 is 29.4. The van der Waals surface area contributed by atoms with Gasteiger partial charge in [-0.2, -0.15) is 0 Å². The van der Waals surface area contributed by atoms with E-state index in [2.05, 4.69) is 9.51 Å². The van der Waals surface area contributed by atoms with Gasteiger partial charge in [-0.15, -0.1) is 0 Å². The number of nitrogens with zero attached hydrogens (tertiary/aromatic N) is 3. The molecule has 1 unspecified atom stereocenters. The largest absolute Gasteiger partial charge is 0.488 e. The lowest BCUT2D eigenvalue weighted by molar-refractivity contribution is 0.0921. The van der Waals surface area contributed by atoms with Gasteiger partial charge in [0.2, 0.25) is 0 Å². The Morgan fingerprint density at radius 1 is 1.09 bits per heavy atom. The lowest BCUT2D eigenvalue weighted by Gasteiger charge is -2.13. The molecule has 0 aliphatic rings. The molecule has 0 bridgehead atoms. The molecule has 0 aliphatic carbocycles. The predicted molar refractivity (Wildman–Crippen MR) is 126 cm³/mol. The van der Waals surface area contributed by atoms with Gasteiger partial charge in [-0.25, -0.2) is 9.55 Å². The second-order valence-corrected chi connectivity index (χ2v) is 8.86. The molecule has 0 fully saturated rings. The van der Waals surface area contributed by atoms with Crippen molar-refractivity contribution in [3.8, 4) is 22.6 Å². The Morgan fingerprint density at radius 3 is 2.44 bits per heavy atom. The zero-order valence-electron chi connectivity index (χ0n) is 18.6. The van der Waals surface area contributed by atoms with E-state index in [-0.39, 0.29) is 6.10 Å². The third-order valence-electron chi connectivity index (χ3n) is 5.08. The molecule has 34 heavy (non-hydrogen) atoms. The lowest BCUT2D eigenvalue weighted by atomic mass is 10.1. The molecule has 178 valence electrons. The second kappa shape index (κ2) is 9.92. The number of phosphoric acid groups is 1. The zero-order chi connectivity index (χ0) is 24.3. The van der Waals surface area contributed by atoms with E-state index < -0.39 is 20.1 Å². The van der Waals surface area contributed by atoms with E-state index in [1.807, 2.05) is 55.6 Å². The van der Waals surface area contributed by atoms with E-state index in [1.165, 1.54) is 6.33 Å². The summed E-state index contributed by atoms with van der Waals surface area (Å²) in [6, 6.07) is 16.7. The van der Waals surface area contributed by atoms with Crippen LogP contribution in [0.5, 0.6) is 5.75 Å². The van der Waals surface area contributed by atoms with Gasteiger partial charge in [0, 0.05) is 24.6 Å². The maximum atomic E-state index is 13.3. The number of phosphoric ester groups is 1. The fourth-order valence-corrected chi connectivity index (χ4v) is 3.88. The highest BCUT2D eigenvalue weighted by molar-refractivity contribution is 7.46. The number of hydrogen-bond acceptors (Lipinski definition) is 6. The fraction of sp³-hybridized carbons (Fsp3) is 0.217. The summed E-state index contributed by atoms with van der Waals surface area (Å²) in [5, 5.41) is 0.294. The Kier molecular flexibility index (Phi) is 6.97. The molecule has 2 aromatic carbocycles. The smallest absolute Gasteiger partial charge is 0.471 e. The van der Waals surface area contributed by atoms with Gasteiger partial charge in [0.25, 0.3) is 5.56 Å². The van der Waals surface area contributed by atoms with Gasteiger partial charge in [0.15, 0.2) is 5.65 Å². The second-order valence-electron chi connectivity index (χ2n) is 7.62. The van der Waals surface area contributed by atoms with E-state index in [0.29, 0.717) is 29.0 Å². The molecule has 0 saturated heterocycles. The van der Waals surface area contributed by atoms with Crippen molar-refractivity contribution in [1.29, 1.82) is 0 Å². The molecule has 11 heteroatoms. The molecular formula is C23H24N3O7P. The summed E-state index contributed by atoms with van der Waals surface area (Å²) in [6.45, 7) is 1.72. The van der Waals surface area contributed by atoms with Crippen LogP contribution in [0.1, 0.15) is 6.92 Å². The van der Waals surface area contributed by atoms with Crippen LogP contribution in [-0.4, -0.2) is 43.7 Å². The lowest BCUT2D eigenvalue weighted by Crippen LogP contribution is -2.21. The van der Waals surface area contributed by atoms with Crippen molar-refractivity contribution in [2.24, 2.45) is 0 Å². The van der Waals surface area contributed by atoms with Crippen molar-refractivity contribution < 1.29 is 28.3 Å². The summed E-state index contributed by atoms with van der Waals surface area (Å²) in [5.41, 5.74) is 2.09. The third kappa shape index (κ3) is 5.27. The van der Waals surface area contributed by atoms with Gasteiger partial charge in [0.05, 0.1) is 12.0 Å². The minimum absolute atomic E-state index is 0.124. The van der Waals surface area contributed by atoms with Crippen LogP contribution in [0.25, 0.3) is 27.8 Å². The van der Waals surface area contributed by atoms with Gasteiger partial charge >= 0.3 is 7.82 Å². The van der Waals surface area contributed by atoms with E-state index in [0.717, 1.165) is 15.8 Å². The molecule has 0 amide bonds. The Bertz CT molecular complexity index is 1380. The molecule has 10 nitrogen and oxygen atoms in total. The molecule has 0 aliphatic heterocycles. The summed E-state index contributed by atoms with van der Waals surface area (Å²) in [5.74, 6) is 0.658. The first-order chi connectivity index (χ1) is 16.3. The van der Waals surface area contributed by atoms with Crippen molar-refractivity contribution in [3.05, 3.63) is 77.5 Å². The maximum Gasteiger partial charge on any atom is 0.471 e. The molecule has 4 rings (SSSR count). The molecular weight excluding hydrogens is 461 g/mol. The molecule has 0 radical (unpaired) electrons. The van der Waals surface area contributed by atoms with Crippen molar-refractivity contribution in [3.63, 3.8) is 0 Å². The summed E-state index contributed by atoms with van der Waals surface area (Å²) in [6.07, 6.45) is 2.89. The normalized spacial score (nSPS) is 12.7. The number of methoxy groups -OCH3 is 1. The highest BCUT2D eigenvalue weighted by atomic mass is 31.2. The Labute approximate surface area is 195 Å². The van der Waals surface area contributed by atoms with E-state index >= 15 is 0 Å². The number of aromatic nitrogens is 3. The Morgan fingerprint density at radius 2 is 1.79 bits per heavy atom. The third-order valence-corrected chi connectivity index (χ3v) is 5.53. The quantitative estimate of drug-likeness (QED) is 0.346. The van der Waals surface area contributed by atoms with Crippen molar-refractivity contribution in [2.75, 3.05) is 13.7 Å². The average Bonchev–Trinajstić information content (AvgIpc) is 3.20. The summed E-state index contributed by atoms with van der Waals surface area (Å²) in [4.78, 5) is 35.7. The molecule has 1 atom stereocenters. The molecule has 4 aromatic rings. The Hall–Kier alpha value is -3.27. The van der Waals surface area contributed by atoms with Crippen LogP contribution >= 0.6 is 7.82 Å². The molecule has 0 saturated carbocycles. The van der Waals surface area contributed by atoms with Gasteiger partial charge in [0.1, 0.15) is 24.9 Å². The minimum Gasteiger partial charge on any atom is -0.488 e. The average molecular weight is 485 g/mol. The highest BCUT2D eigenvalue weighted by Crippen LogP contribution is 2.36. The van der Waals surface area contributed by atoms with Crippen LogP contribution in [0.4, 0.5) is 0 Å². The van der Waals surface area contributed by atoms with Crippen LogP contribution in [0, 0.1) is 0 Å². The van der Waals surface area contributed by atoms with Crippen molar-refractivity contribution in [1.82, 2.24) is 14.1 Å². The topological polar surface area (TPSA) is 125 Å². The van der Waals surface area contributed by atoms with Crippen molar-refractivity contribution in [2.45, 2.75) is 19.8 Å². The molecule has 0 spiro atoms. The summed E-state index contributed by atoms with van der Waals surface area (Å²) in [7, 11) is -3.15. The van der Waals surface area contributed by atoms with E-state index in [4.69, 9.17) is 19.3 Å². The van der Waals surface area contributed by atoms with Gasteiger partial charge < -0.3 is 23.8 Å². The Balaban J connectivity index is 1.81. The SMILES string of the molecule is COCC(C)Oc1ccc(-c2cn(-c3ccccc3)c3ncn(COP(=O)(O)O)c(=O)c23)cc1. The van der Waals surface area contributed by atoms with E-state index in [9.17, 15) is 9.36 Å². The van der Waals surface area contributed by atoms with Crippen molar-refractivity contribution >= 4 is 18.9 Å².